The van der Waals surface area contributed by atoms with E-state index in [-0.39, 0.29) is 17.8 Å². The molecule has 1 unspecified atom stereocenters. The number of hydrogen-bond acceptors (Lipinski definition) is 3. The Bertz CT molecular complexity index is 474. The van der Waals surface area contributed by atoms with Gasteiger partial charge in [0.25, 0.3) is 0 Å². The van der Waals surface area contributed by atoms with Crippen LogP contribution in [0.2, 0.25) is 0 Å². The van der Waals surface area contributed by atoms with Crippen molar-refractivity contribution in [2.24, 2.45) is 0 Å². The maximum atomic E-state index is 12.0. The van der Waals surface area contributed by atoms with Crippen LogP contribution in [0.1, 0.15) is 31.4 Å². The summed E-state index contributed by atoms with van der Waals surface area (Å²) in [5.41, 5.74) is 2.14. The summed E-state index contributed by atoms with van der Waals surface area (Å²) in [6, 6.07) is 7.82. The predicted octanol–water partition coefficient (Wildman–Crippen LogP) is 2.18. The molecule has 0 aliphatic heterocycles. The van der Waals surface area contributed by atoms with Crippen LogP contribution in [0, 0.1) is 6.92 Å². The Labute approximate surface area is 129 Å². The zero-order chi connectivity index (χ0) is 15.7. The molecule has 1 aromatic carbocycles. The second kappa shape index (κ2) is 9.68. The van der Waals surface area contributed by atoms with E-state index in [0.717, 1.165) is 17.5 Å². The molecule has 1 atom stereocenters. The summed E-state index contributed by atoms with van der Waals surface area (Å²) in [4.78, 5) is 11.7. The zero-order valence-corrected chi connectivity index (χ0v) is 13.9. The molecule has 0 spiro atoms. The lowest BCUT2D eigenvalue weighted by Gasteiger charge is -2.09. The van der Waals surface area contributed by atoms with Crippen molar-refractivity contribution in [3.05, 3.63) is 35.4 Å². The lowest BCUT2D eigenvalue weighted by atomic mass is 10.1. The minimum atomic E-state index is -1.17. The number of carbonyl (C=O) groups excluding carboxylic acids is 1. The van der Waals surface area contributed by atoms with E-state index in [1.807, 2.05) is 45.0 Å². The number of benzene rings is 1. The number of rotatable bonds is 9. The van der Waals surface area contributed by atoms with Crippen molar-refractivity contribution in [1.82, 2.24) is 5.32 Å². The Balaban J connectivity index is 2.22. The SMILES string of the molecule is Cc1ccccc1CS(=O)CC(=O)NCCCOC(C)C. The van der Waals surface area contributed by atoms with Crippen molar-refractivity contribution in [3.8, 4) is 0 Å². The molecule has 1 amide bonds. The molecular formula is C16H25NO3S. The highest BCUT2D eigenvalue weighted by Crippen LogP contribution is 2.09. The summed E-state index contributed by atoms with van der Waals surface area (Å²) in [7, 11) is -1.17. The van der Waals surface area contributed by atoms with E-state index in [4.69, 9.17) is 4.74 Å². The molecule has 4 nitrogen and oxygen atoms in total. The number of carbonyl (C=O) groups is 1. The molecule has 0 radical (unpaired) electrons. The third-order valence-electron chi connectivity index (χ3n) is 2.96. The molecule has 5 heteroatoms. The van der Waals surface area contributed by atoms with Crippen molar-refractivity contribution >= 4 is 16.7 Å². The van der Waals surface area contributed by atoms with Gasteiger partial charge in [-0.1, -0.05) is 24.3 Å². The van der Waals surface area contributed by atoms with Gasteiger partial charge >= 0.3 is 0 Å². The molecule has 1 N–H and O–H groups in total. The molecule has 0 fully saturated rings. The Morgan fingerprint density at radius 2 is 2.05 bits per heavy atom. The first-order valence-corrected chi connectivity index (χ1v) is 8.75. The standard InChI is InChI=1S/C16H25NO3S/c1-13(2)20-10-6-9-17-16(18)12-21(19)11-15-8-5-4-7-14(15)3/h4-5,7-8,13H,6,9-12H2,1-3H3,(H,17,18). The van der Waals surface area contributed by atoms with Crippen LogP contribution < -0.4 is 5.32 Å². The normalized spacial score (nSPS) is 12.4. The van der Waals surface area contributed by atoms with E-state index >= 15 is 0 Å². The summed E-state index contributed by atoms with van der Waals surface area (Å²) in [5.74, 6) is 0.321. The van der Waals surface area contributed by atoms with E-state index in [9.17, 15) is 9.00 Å². The lowest BCUT2D eigenvalue weighted by molar-refractivity contribution is -0.118. The Morgan fingerprint density at radius 3 is 2.71 bits per heavy atom. The number of hydrogen-bond donors (Lipinski definition) is 1. The van der Waals surface area contributed by atoms with Gasteiger partial charge in [-0.15, -0.1) is 0 Å². The Kier molecular flexibility index (Phi) is 8.23. The van der Waals surface area contributed by atoms with Gasteiger partial charge < -0.3 is 10.1 Å². The Morgan fingerprint density at radius 1 is 1.33 bits per heavy atom. The first-order valence-electron chi connectivity index (χ1n) is 7.27. The van der Waals surface area contributed by atoms with Gasteiger partial charge in [0.05, 0.1) is 6.10 Å². The van der Waals surface area contributed by atoms with Gasteiger partial charge in [-0.05, 0) is 38.3 Å². The van der Waals surface area contributed by atoms with Gasteiger partial charge in [-0.25, -0.2) is 0 Å². The maximum absolute atomic E-state index is 12.0. The third-order valence-corrected chi connectivity index (χ3v) is 4.18. The predicted molar refractivity (Wildman–Crippen MR) is 86.6 cm³/mol. The second-order valence-electron chi connectivity index (χ2n) is 5.28. The molecule has 0 saturated carbocycles. The monoisotopic (exact) mass is 311 g/mol. The first-order chi connectivity index (χ1) is 9.99. The molecule has 0 saturated heterocycles. The van der Waals surface area contributed by atoms with Crippen molar-refractivity contribution in [2.75, 3.05) is 18.9 Å². The van der Waals surface area contributed by atoms with Crippen molar-refractivity contribution in [3.63, 3.8) is 0 Å². The van der Waals surface area contributed by atoms with Crippen LogP contribution in [0.5, 0.6) is 0 Å². The van der Waals surface area contributed by atoms with Crippen molar-refractivity contribution in [2.45, 2.75) is 39.0 Å². The van der Waals surface area contributed by atoms with Gasteiger partial charge in [-0.2, -0.15) is 0 Å². The average molecular weight is 311 g/mol. The van der Waals surface area contributed by atoms with E-state index in [2.05, 4.69) is 5.32 Å². The van der Waals surface area contributed by atoms with Crippen LogP contribution in [0.25, 0.3) is 0 Å². The molecule has 0 aliphatic carbocycles. The van der Waals surface area contributed by atoms with Gasteiger partial charge in [0.1, 0.15) is 5.75 Å². The summed E-state index contributed by atoms with van der Waals surface area (Å²) in [6.45, 7) is 7.14. The molecule has 21 heavy (non-hydrogen) atoms. The van der Waals surface area contributed by atoms with Crippen LogP contribution in [0.3, 0.4) is 0 Å². The molecule has 1 rings (SSSR count). The van der Waals surface area contributed by atoms with Crippen molar-refractivity contribution < 1.29 is 13.7 Å². The van der Waals surface area contributed by atoms with Crippen LogP contribution in [0.4, 0.5) is 0 Å². The van der Waals surface area contributed by atoms with Crippen molar-refractivity contribution in [1.29, 1.82) is 0 Å². The van der Waals surface area contributed by atoms with E-state index < -0.39 is 10.8 Å². The highest BCUT2D eigenvalue weighted by molar-refractivity contribution is 7.84. The summed E-state index contributed by atoms with van der Waals surface area (Å²) >= 11 is 0. The fourth-order valence-corrected chi connectivity index (χ4v) is 2.98. The smallest absolute Gasteiger partial charge is 0.232 e. The third kappa shape index (κ3) is 7.97. The number of ether oxygens (including phenoxy) is 1. The highest BCUT2D eigenvalue weighted by atomic mass is 32.2. The molecule has 118 valence electrons. The lowest BCUT2D eigenvalue weighted by Crippen LogP contribution is -2.30. The van der Waals surface area contributed by atoms with Gasteiger partial charge in [0.2, 0.25) is 5.91 Å². The van der Waals surface area contributed by atoms with Crippen LogP contribution in [-0.2, 0) is 26.1 Å². The molecule has 0 bridgehead atoms. The first kappa shape index (κ1) is 17.9. The van der Waals surface area contributed by atoms with Crippen LogP contribution >= 0.6 is 0 Å². The van der Waals surface area contributed by atoms with Crippen LogP contribution in [0.15, 0.2) is 24.3 Å². The number of nitrogens with one attached hydrogen (secondary N) is 1. The zero-order valence-electron chi connectivity index (χ0n) is 13.1. The summed E-state index contributed by atoms with van der Waals surface area (Å²) in [5, 5.41) is 2.78. The second-order valence-corrected chi connectivity index (χ2v) is 6.74. The maximum Gasteiger partial charge on any atom is 0.232 e. The molecular weight excluding hydrogens is 286 g/mol. The average Bonchev–Trinajstić information content (AvgIpc) is 2.40. The van der Waals surface area contributed by atoms with E-state index in [1.165, 1.54) is 0 Å². The highest BCUT2D eigenvalue weighted by Gasteiger charge is 2.09. The summed E-state index contributed by atoms with van der Waals surface area (Å²) in [6.07, 6.45) is 0.983. The molecule has 0 aromatic heterocycles. The quantitative estimate of drug-likeness (QED) is 0.711. The number of amides is 1. The van der Waals surface area contributed by atoms with Gasteiger partial charge in [0.15, 0.2) is 0 Å². The van der Waals surface area contributed by atoms with Gasteiger partial charge in [0, 0.05) is 29.7 Å². The molecule has 0 heterocycles. The minimum absolute atomic E-state index is 0.0549. The minimum Gasteiger partial charge on any atom is -0.379 e. The summed E-state index contributed by atoms with van der Waals surface area (Å²) < 4.78 is 17.4. The largest absolute Gasteiger partial charge is 0.379 e. The van der Waals surface area contributed by atoms with Crippen LogP contribution in [-0.4, -0.2) is 35.1 Å². The van der Waals surface area contributed by atoms with E-state index in [1.54, 1.807) is 0 Å². The molecule has 0 aliphatic rings. The molecule has 1 aromatic rings. The fourth-order valence-electron chi connectivity index (χ4n) is 1.81. The number of aryl methyl sites for hydroxylation is 1. The topological polar surface area (TPSA) is 55.4 Å². The van der Waals surface area contributed by atoms with Gasteiger partial charge in [-0.3, -0.25) is 9.00 Å². The Hall–Kier alpha value is -1.20. The van der Waals surface area contributed by atoms with E-state index in [0.29, 0.717) is 18.9 Å². The fraction of sp³-hybridized carbons (Fsp3) is 0.562.